The van der Waals surface area contributed by atoms with Crippen molar-refractivity contribution in [2.24, 2.45) is 0 Å². The van der Waals surface area contributed by atoms with Crippen LogP contribution in [0.3, 0.4) is 0 Å². The van der Waals surface area contributed by atoms with Crippen molar-refractivity contribution >= 4 is 37.5 Å². The number of morpholine rings is 1. The normalized spacial score (nSPS) is 24.9. The zero-order valence-electron chi connectivity index (χ0n) is 11.5. The second-order valence-corrected chi connectivity index (χ2v) is 9.23. The molecule has 1 saturated heterocycles. The van der Waals surface area contributed by atoms with Crippen LogP contribution in [0.15, 0.2) is 15.9 Å². The standard InChI is InChI=1S/C12H19BrN2O3S2/c1-9-7-15(8-10(2)18-9)20(16,17)14-6-5-11-3-4-12(13)19-11/h3-4,9-10,14H,5-8H2,1-2H3/t9-,10+. The van der Waals surface area contributed by atoms with Crippen molar-refractivity contribution in [3.05, 3.63) is 20.8 Å². The van der Waals surface area contributed by atoms with Crippen LogP contribution in [0.25, 0.3) is 0 Å². The molecule has 0 spiro atoms. The Bertz CT molecular complexity index is 537. The van der Waals surface area contributed by atoms with Crippen LogP contribution in [-0.2, 0) is 21.4 Å². The quantitative estimate of drug-likeness (QED) is 0.846. The maximum absolute atomic E-state index is 12.2. The minimum absolute atomic E-state index is 0.0661. The van der Waals surface area contributed by atoms with Crippen LogP contribution in [-0.4, -0.2) is 44.6 Å². The van der Waals surface area contributed by atoms with E-state index in [1.807, 2.05) is 26.0 Å². The van der Waals surface area contributed by atoms with E-state index in [1.54, 1.807) is 11.3 Å². The molecule has 5 nitrogen and oxygen atoms in total. The molecular weight excluding hydrogens is 364 g/mol. The van der Waals surface area contributed by atoms with Crippen LogP contribution in [0, 0.1) is 0 Å². The molecule has 8 heteroatoms. The van der Waals surface area contributed by atoms with E-state index in [1.165, 1.54) is 4.31 Å². The monoisotopic (exact) mass is 382 g/mol. The van der Waals surface area contributed by atoms with E-state index in [4.69, 9.17) is 4.74 Å². The molecule has 1 fully saturated rings. The predicted octanol–water partition coefficient (Wildman–Crippen LogP) is 2.00. The van der Waals surface area contributed by atoms with Crippen molar-refractivity contribution in [1.82, 2.24) is 9.03 Å². The number of hydrogen-bond acceptors (Lipinski definition) is 4. The smallest absolute Gasteiger partial charge is 0.279 e. The van der Waals surface area contributed by atoms with Gasteiger partial charge in [0.2, 0.25) is 0 Å². The Balaban J connectivity index is 1.87. The summed E-state index contributed by atoms with van der Waals surface area (Å²) in [7, 11) is -3.42. The van der Waals surface area contributed by atoms with Crippen molar-refractivity contribution in [3.63, 3.8) is 0 Å². The van der Waals surface area contributed by atoms with Crippen molar-refractivity contribution in [2.45, 2.75) is 32.5 Å². The molecule has 0 saturated carbocycles. The molecule has 2 rings (SSSR count). The Morgan fingerprint density at radius 1 is 1.40 bits per heavy atom. The fourth-order valence-electron chi connectivity index (χ4n) is 2.21. The SMILES string of the molecule is C[C@@H]1CN(S(=O)(=O)NCCc2ccc(Br)s2)C[C@H](C)O1. The molecule has 0 bridgehead atoms. The van der Waals surface area contributed by atoms with Crippen molar-refractivity contribution in [2.75, 3.05) is 19.6 Å². The summed E-state index contributed by atoms with van der Waals surface area (Å²) in [5.41, 5.74) is 0. The Hall–Kier alpha value is 0.01000. The number of nitrogens with one attached hydrogen (secondary N) is 1. The molecule has 20 heavy (non-hydrogen) atoms. The topological polar surface area (TPSA) is 58.6 Å². The molecular formula is C12H19BrN2O3S2. The summed E-state index contributed by atoms with van der Waals surface area (Å²) in [4.78, 5) is 1.16. The summed E-state index contributed by atoms with van der Waals surface area (Å²) in [6, 6.07) is 3.97. The second kappa shape index (κ2) is 6.85. The molecule has 2 heterocycles. The van der Waals surface area contributed by atoms with Gasteiger partial charge in [0.1, 0.15) is 0 Å². The van der Waals surface area contributed by atoms with E-state index in [2.05, 4.69) is 20.7 Å². The van der Waals surface area contributed by atoms with Gasteiger partial charge in [-0.25, -0.2) is 4.72 Å². The van der Waals surface area contributed by atoms with Gasteiger partial charge in [-0.2, -0.15) is 12.7 Å². The minimum Gasteiger partial charge on any atom is -0.373 e. The molecule has 0 radical (unpaired) electrons. The number of ether oxygens (including phenoxy) is 1. The first-order chi connectivity index (χ1) is 9.37. The Morgan fingerprint density at radius 3 is 2.60 bits per heavy atom. The van der Waals surface area contributed by atoms with Gasteiger partial charge >= 0.3 is 0 Å². The third-order valence-corrected chi connectivity index (χ3v) is 6.24. The third-order valence-electron chi connectivity index (χ3n) is 3.01. The van der Waals surface area contributed by atoms with Gasteiger partial charge in [-0.05, 0) is 48.3 Å². The molecule has 1 N–H and O–H groups in total. The fraction of sp³-hybridized carbons (Fsp3) is 0.667. The lowest BCUT2D eigenvalue weighted by atomic mass is 10.3. The Kier molecular flexibility index (Phi) is 5.61. The summed E-state index contributed by atoms with van der Waals surface area (Å²) in [5.74, 6) is 0. The lowest BCUT2D eigenvalue weighted by Crippen LogP contribution is -2.52. The summed E-state index contributed by atoms with van der Waals surface area (Å²) in [6.45, 7) is 5.01. The third kappa shape index (κ3) is 4.51. The first-order valence-electron chi connectivity index (χ1n) is 6.51. The van der Waals surface area contributed by atoms with Gasteiger partial charge in [-0.15, -0.1) is 11.3 Å². The van der Waals surface area contributed by atoms with Crippen LogP contribution < -0.4 is 4.72 Å². The molecule has 114 valence electrons. The maximum atomic E-state index is 12.2. The Labute approximate surface area is 132 Å². The van der Waals surface area contributed by atoms with E-state index in [0.29, 0.717) is 26.1 Å². The van der Waals surface area contributed by atoms with Gasteiger partial charge in [0.05, 0.1) is 16.0 Å². The summed E-state index contributed by atoms with van der Waals surface area (Å²) >= 11 is 5.02. The number of rotatable bonds is 5. The summed E-state index contributed by atoms with van der Waals surface area (Å²) in [6.07, 6.45) is 0.567. The molecule has 1 aromatic rings. The van der Waals surface area contributed by atoms with E-state index in [0.717, 1.165) is 8.66 Å². The second-order valence-electron chi connectivity index (χ2n) is 4.93. The highest BCUT2D eigenvalue weighted by Crippen LogP contribution is 2.22. The van der Waals surface area contributed by atoms with Crippen LogP contribution in [0.4, 0.5) is 0 Å². The first kappa shape index (κ1) is 16.4. The minimum atomic E-state index is -3.42. The number of halogens is 1. The van der Waals surface area contributed by atoms with E-state index in [-0.39, 0.29) is 12.2 Å². The number of hydrogen-bond donors (Lipinski definition) is 1. The van der Waals surface area contributed by atoms with E-state index >= 15 is 0 Å². The molecule has 0 unspecified atom stereocenters. The van der Waals surface area contributed by atoms with Gasteiger partial charge < -0.3 is 4.74 Å². The van der Waals surface area contributed by atoms with Crippen LogP contribution in [0.2, 0.25) is 0 Å². The van der Waals surface area contributed by atoms with Gasteiger partial charge in [-0.1, -0.05) is 0 Å². The van der Waals surface area contributed by atoms with Crippen molar-refractivity contribution in [1.29, 1.82) is 0 Å². The van der Waals surface area contributed by atoms with Crippen LogP contribution in [0.1, 0.15) is 18.7 Å². The first-order valence-corrected chi connectivity index (χ1v) is 9.56. The molecule has 0 aliphatic carbocycles. The average Bonchev–Trinajstić information content (AvgIpc) is 2.73. The van der Waals surface area contributed by atoms with Crippen LogP contribution in [0.5, 0.6) is 0 Å². The number of nitrogens with zero attached hydrogens (tertiary/aromatic N) is 1. The lowest BCUT2D eigenvalue weighted by Gasteiger charge is -2.34. The van der Waals surface area contributed by atoms with Crippen LogP contribution >= 0.6 is 27.3 Å². The molecule has 1 aromatic heterocycles. The average molecular weight is 383 g/mol. The highest BCUT2D eigenvalue weighted by molar-refractivity contribution is 9.11. The van der Waals surface area contributed by atoms with Gasteiger partial charge in [-0.3, -0.25) is 0 Å². The Morgan fingerprint density at radius 2 is 2.05 bits per heavy atom. The molecule has 0 aromatic carbocycles. The van der Waals surface area contributed by atoms with E-state index < -0.39 is 10.2 Å². The molecule has 1 aliphatic rings. The fourth-order valence-corrected chi connectivity index (χ4v) is 5.05. The summed E-state index contributed by atoms with van der Waals surface area (Å²) < 4.78 is 35.2. The molecule has 0 amide bonds. The van der Waals surface area contributed by atoms with E-state index in [9.17, 15) is 8.42 Å². The molecule has 2 atom stereocenters. The predicted molar refractivity (Wildman–Crippen MR) is 84.2 cm³/mol. The van der Waals surface area contributed by atoms with Gasteiger partial charge in [0.15, 0.2) is 0 Å². The number of thiophene rings is 1. The zero-order valence-corrected chi connectivity index (χ0v) is 14.7. The zero-order chi connectivity index (χ0) is 14.8. The van der Waals surface area contributed by atoms with Gasteiger partial charge in [0, 0.05) is 24.5 Å². The highest BCUT2D eigenvalue weighted by atomic mass is 79.9. The van der Waals surface area contributed by atoms with Crippen molar-refractivity contribution < 1.29 is 13.2 Å². The summed E-state index contributed by atoms with van der Waals surface area (Å²) in [5, 5.41) is 0. The molecule has 1 aliphatic heterocycles. The largest absolute Gasteiger partial charge is 0.373 e. The van der Waals surface area contributed by atoms with Crippen molar-refractivity contribution in [3.8, 4) is 0 Å². The highest BCUT2D eigenvalue weighted by Gasteiger charge is 2.30. The lowest BCUT2D eigenvalue weighted by molar-refractivity contribution is -0.0443. The van der Waals surface area contributed by atoms with Gasteiger partial charge in [0.25, 0.3) is 10.2 Å². The maximum Gasteiger partial charge on any atom is 0.279 e.